The van der Waals surface area contributed by atoms with Crippen molar-refractivity contribution >= 4 is 15.7 Å². The van der Waals surface area contributed by atoms with Crippen LogP contribution in [0.25, 0.3) is 0 Å². The molecule has 0 aliphatic heterocycles. The first-order chi connectivity index (χ1) is 8.88. The average Bonchev–Trinajstić information content (AvgIpc) is 2.72. The van der Waals surface area contributed by atoms with Gasteiger partial charge in [-0.25, -0.2) is 13.6 Å². The molecule has 1 aromatic heterocycles. The van der Waals surface area contributed by atoms with Crippen molar-refractivity contribution in [1.29, 1.82) is 0 Å². The molecule has 0 saturated heterocycles. The summed E-state index contributed by atoms with van der Waals surface area (Å²) in [7, 11) is -3.69. The highest BCUT2D eigenvalue weighted by Crippen LogP contribution is 2.20. The third kappa shape index (κ3) is 3.15. The SMILES string of the molecule is Cc1ccc(S(N)(=O)=O)cc1NCc1occc1C. The molecule has 1 heterocycles. The average molecular weight is 280 g/mol. The van der Waals surface area contributed by atoms with E-state index in [9.17, 15) is 8.42 Å². The van der Waals surface area contributed by atoms with Crippen LogP contribution in [0.5, 0.6) is 0 Å². The summed E-state index contributed by atoms with van der Waals surface area (Å²) >= 11 is 0. The van der Waals surface area contributed by atoms with E-state index in [0.29, 0.717) is 6.54 Å². The van der Waals surface area contributed by atoms with E-state index in [1.165, 1.54) is 12.1 Å². The molecule has 0 atom stereocenters. The fraction of sp³-hybridized carbons (Fsp3) is 0.231. The van der Waals surface area contributed by atoms with Crippen LogP contribution in [0, 0.1) is 13.8 Å². The summed E-state index contributed by atoms with van der Waals surface area (Å²) in [5.41, 5.74) is 2.71. The number of anilines is 1. The molecule has 102 valence electrons. The van der Waals surface area contributed by atoms with Crippen molar-refractivity contribution in [2.45, 2.75) is 25.3 Å². The normalized spacial score (nSPS) is 11.5. The molecule has 19 heavy (non-hydrogen) atoms. The molecule has 0 aliphatic rings. The van der Waals surface area contributed by atoms with Crippen LogP contribution in [0.15, 0.2) is 39.8 Å². The van der Waals surface area contributed by atoms with Gasteiger partial charge in [0.25, 0.3) is 0 Å². The zero-order valence-corrected chi connectivity index (χ0v) is 11.6. The molecule has 0 saturated carbocycles. The molecule has 6 heteroatoms. The van der Waals surface area contributed by atoms with Crippen molar-refractivity contribution in [2.24, 2.45) is 5.14 Å². The molecule has 0 amide bonds. The van der Waals surface area contributed by atoms with Gasteiger partial charge in [-0.3, -0.25) is 0 Å². The third-order valence-corrected chi connectivity index (χ3v) is 3.86. The molecule has 0 unspecified atom stereocenters. The predicted octanol–water partition coefficient (Wildman–Crippen LogP) is 2.16. The quantitative estimate of drug-likeness (QED) is 0.898. The molecular formula is C13H16N2O3S. The van der Waals surface area contributed by atoms with E-state index in [1.54, 1.807) is 12.3 Å². The zero-order valence-electron chi connectivity index (χ0n) is 10.8. The Kier molecular flexibility index (Phi) is 3.64. The highest BCUT2D eigenvalue weighted by atomic mass is 32.2. The monoisotopic (exact) mass is 280 g/mol. The maximum absolute atomic E-state index is 11.3. The molecule has 5 nitrogen and oxygen atoms in total. The van der Waals surface area contributed by atoms with Crippen LogP contribution in [0.1, 0.15) is 16.9 Å². The predicted molar refractivity (Wildman–Crippen MR) is 73.3 cm³/mol. The van der Waals surface area contributed by atoms with Crippen molar-refractivity contribution in [2.75, 3.05) is 5.32 Å². The van der Waals surface area contributed by atoms with E-state index < -0.39 is 10.0 Å². The van der Waals surface area contributed by atoms with E-state index in [2.05, 4.69) is 5.32 Å². The van der Waals surface area contributed by atoms with Crippen molar-refractivity contribution in [1.82, 2.24) is 0 Å². The summed E-state index contributed by atoms with van der Waals surface area (Å²) in [5, 5.41) is 8.27. The summed E-state index contributed by atoms with van der Waals surface area (Å²) in [4.78, 5) is 0.0942. The van der Waals surface area contributed by atoms with Gasteiger partial charge < -0.3 is 9.73 Å². The first-order valence-electron chi connectivity index (χ1n) is 5.78. The molecule has 3 N–H and O–H groups in total. The maximum atomic E-state index is 11.3. The zero-order chi connectivity index (χ0) is 14.0. The van der Waals surface area contributed by atoms with E-state index >= 15 is 0 Å². The molecule has 1 aromatic carbocycles. The van der Waals surface area contributed by atoms with Gasteiger partial charge in [0.15, 0.2) is 0 Å². The van der Waals surface area contributed by atoms with Crippen LogP contribution in [0.4, 0.5) is 5.69 Å². The summed E-state index contributed by atoms with van der Waals surface area (Å²) in [6.45, 7) is 4.34. The minimum atomic E-state index is -3.69. The fourth-order valence-corrected chi connectivity index (χ4v) is 2.27. The Morgan fingerprint density at radius 2 is 1.95 bits per heavy atom. The lowest BCUT2D eigenvalue weighted by Crippen LogP contribution is -2.13. The molecule has 0 radical (unpaired) electrons. The van der Waals surface area contributed by atoms with Crippen LogP contribution in [-0.4, -0.2) is 8.42 Å². The Balaban J connectivity index is 2.23. The molecule has 0 spiro atoms. The number of hydrogen-bond donors (Lipinski definition) is 2. The number of rotatable bonds is 4. The minimum absolute atomic E-state index is 0.0942. The molecule has 2 aromatic rings. The van der Waals surface area contributed by atoms with E-state index in [4.69, 9.17) is 9.56 Å². The number of primary sulfonamides is 1. The van der Waals surface area contributed by atoms with Gasteiger partial charge >= 0.3 is 0 Å². The Labute approximate surface area is 112 Å². The number of aryl methyl sites for hydroxylation is 2. The van der Waals surface area contributed by atoms with Gasteiger partial charge in [0.1, 0.15) is 5.76 Å². The third-order valence-electron chi connectivity index (χ3n) is 2.95. The molecule has 0 aliphatic carbocycles. The van der Waals surface area contributed by atoms with E-state index in [0.717, 1.165) is 22.6 Å². The molecule has 0 bridgehead atoms. The lowest BCUT2D eigenvalue weighted by atomic mass is 10.2. The maximum Gasteiger partial charge on any atom is 0.238 e. The van der Waals surface area contributed by atoms with Crippen molar-refractivity contribution in [3.05, 3.63) is 47.4 Å². The van der Waals surface area contributed by atoms with E-state index in [-0.39, 0.29) is 4.90 Å². The van der Waals surface area contributed by atoms with Gasteiger partial charge in [-0.2, -0.15) is 0 Å². The first kappa shape index (κ1) is 13.6. The molecule has 0 fully saturated rings. The van der Waals surface area contributed by atoms with Crippen molar-refractivity contribution in [3.8, 4) is 0 Å². The molecule has 2 rings (SSSR count). The van der Waals surface area contributed by atoms with Crippen LogP contribution < -0.4 is 10.5 Å². The Morgan fingerprint density at radius 3 is 2.53 bits per heavy atom. The largest absolute Gasteiger partial charge is 0.467 e. The van der Waals surface area contributed by atoms with Gasteiger partial charge in [-0.15, -0.1) is 0 Å². The Hall–Kier alpha value is -1.79. The van der Waals surface area contributed by atoms with Crippen molar-refractivity contribution < 1.29 is 12.8 Å². The second kappa shape index (κ2) is 5.07. The standard InChI is InChI=1S/C13H16N2O3S/c1-9-3-4-11(19(14,16)17)7-12(9)15-8-13-10(2)5-6-18-13/h3-7,15H,8H2,1-2H3,(H2,14,16,17). The molecular weight excluding hydrogens is 264 g/mol. The van der Waals surface area contributed by atoms with Gasteiger partial charge in [-0.05, 0) is 43.2 Å². The topological polar surface area (TPSA) is 85.3 Å². The summed E-state index contributed by atoms with van der Waals surface area (Å²) < 4.78 is 27.9. The number of hydrogen-bond acceptors (Lipinski definition) is 4. The van der Waals surface area contributed by atoms with Gasteiger partial charge in [0, 0.05) is 5.69 Å². The summed E-state index contributed by atoms with van der Waals surface area (Å²) in [6.07, 6.45) is 1.62. The van der Waals surface area contributed by atoms with Crippen LogP contribution in [0.3, 0.4) is 0 Å². The Morgan fingerprint density at radius 1 is 1.21 bits per heavy atom. The Bertz CT molecular complexity index is 690. The van der Waals surface area contributed by atoms with Gasteiger partial charge in [0.05, 0.1) is 17.7 Å². The van der Waals surface area contributed by atoms with Crippen LogP contribution in [0.2, 0.25) is 0 Å². The lowest BCUT2D eigenvalue weighted by Gasteiger charge is -2.10. The lowest BCUT2D eigenvalue weighted by molar-refractivity contribution is 0.515. The van der Waals surface area contributed by atoms with E-state index in [1.807, 2.05) is 19.9 Å². The van der Waals surface area contributed by atoms with Gasteiger partial charge in [0.2, 0.25) is 10.0 Å². The second-order valence-electron chi connectivity index (χ2n) is 4.40. The highest BCUT2D eigenvalue weighted by Gasteiger charge is 2.10. The minimum Gasteiger partial charge on any atom is -0.467 e. The number of sulfonamides is 1. The number of benzene rings is 1. The second-order valence-corrected chi connectivity index (χ2v) is 5.96. The summed E-state index contributed by atoms with van der Waals surface area (Å²) in [6, 6.07) is 6.62. The van der Waals surface area contributed by atoms with Gasteiger partial charge in [-0.1, -0.05) is 6.07 Å². The smallest absolute Gasteiger partial charge is 0.238 e. The number of nitrogens with two attached hydrogens (primary N) is 1. The highest BCUT2D eigenvalue weighted by molar-refractivity contribution is 7.89. The fourth-order valence-electron chi connectivity index (χ4n) is 1.73. The van der Waals surface area contributed by atoms with Crippen LogP contribution >= 0.6 is 0 Å². The summed E-state index contributed by atoms with van der Waals surface area (Å²) in [5.74, 6) is 0.820. The van der Waals surface area contributed by atoms with Crippen molar-refractivity contribution in [3.63, 3.8) is 0 Å². The first-order valence-corrected chi connectivity index (χ1v) is 7.33. The number of nitrogens with one attached hydrogen (secondary N) is 1. The van der Waals surface area contributed by atoms with Crippen LogP contribution in [-0.2, 0) is 16.6 Å². The number of furan rings is 1.